The molecule has 0 radical (unpaired) electrons. The zero-order valence-electron chi connectivity index (χ0n) is 8.75. The summed E-state index contributed by atoms with van der Waals surface area (Å²) in [7, 11) is 0. The molecule has 0 aliphatic heterocycles. The molecule has 0 saturated carbocycles. The van der Waals surface area contributed by atoms with Gasteiger partial charge in [0.15, 0.2) is 0 Å². The topological polar surface area (TPSA) is 59.8 Å². The van der Waals surface area contributed by atoms with Crippen LogP contribution in [0.15, 0.2) is 47.5 Å². The van der Waals surface area contributed by atoms with E-state index in [0.717, 1.165) is 10.0 Å². The van der Waals surface area contributed by atoms with E-state index in [9.17, 15) is 4.79 Å². The third kappa shape index (κ3) is 3.53. The normalized spacial score (nSPS) is 10.6. The lowest BCUT2D eigenvalue weighted by Gasteiger charge is -1.99. The zero-order chi connectivity index (χ0) is 12.1. The predicted molar refractivity (Wildman–Crippen MR) is 67.6 cm³/mol. The van der Waals surface area contributed by atoms with Gasteiger partial charge in [-0.05, 0) is 23.8 Å². The minimum atomic E-state index is -0.246. The molecule has 1 N–H and O–H groups in total. The minimum Gasteiger partial charge on any atom is -0.268 e. The molecule has 1 aromatic carbocycles. The van der Waals surface area contributed by atoms with E-state index in [1.165, 1.54) is 23.4 Å². The highest BCUT2D eigenvalue weighted by molar-refractivity contribution is 9.10. The van der Waals surface area contributed by atoms with Crippen LogP contribution in [0.4, 0.5) is 0 Å². The van der Waals surface area contributed by atoms with Gasteiger partial charge in [0, 0.05) is 10.5 Å². The number of nitrogens with zero attached hydrogens (tertiary/aromatic N) is 3. The molecule has 1 amide bonds. The van der Waals surface area contributed by atoms with E-state index in [1.54, 1.807) is 6.08 Å². The van der Waals surface area contributed by atoms with Crippen molar-refractivity contribution in [3.8, 4) is 0 Å². The molecule has 0 fully saturated rings. The summed E-state index contributed by atoms with van der Waals surface area (Å²) in [6, 6.07) is 7.66. The van der Waals surface area contributed by atoms with Crippen LogP contribution >= 0.6 is 15.9 Å². The minimum absolute atomic E-state index is 0.246. The molecule has 6 heteroatoms. The first-order valence-corrected chi connectivity index (χ1v) is 5.62. The molecular formula is C11H9BrN4O. The summed E-state index contributed by atoms with van der Waals surface area (Å²) in [6.45, 7) is 0. The van der Waals surface area contributed by atoms with Crippen LogP contribution in [0.3, 0.4) is 0 Å². The Kier molecular flexibility index (Phi) is 3.66. The van der Waals surface area contributed by atoms with Crippen molar-refractivity contribution < 1.29 is 4.79 Å². The molecule has 86 valence electrons. The molecule has 0 bridgehead atoms. The van der Waals surface area contributed by atoms with E-state index in [1.807, 2.05) is 24.3 Å². The van der Waals surface area contributed by atoms with Gasteiger partial charge in [-0.15, -0.1) is 10.2 Å². The lowest BCUT2D eigenvalue weighted by molar-refractivity contribution is -0.112. The number of carbonyl (C=O) groups excluding carboxylic acids is 1. The van der Waals surface area contributed by atoms with Crippen LogP contribution in [0, 0.1) is 0 Å². The molecular weight excluding hydrogens is 284 g/mol. The summed E-state index contributed by atoms with van der Waals surface area (Å²) in [4.78, 5) is 11.5. The van der Waals surface area contributed by atoms with Crippen LogP contribution in [0.25, 0.3) is 6.08 Å². The van der Waals surface area contributed by atoms with E-state index in [-0.39, 0.29) is 5.91 Å². The first-order chi connectivity index (χ1) is 8.24. The van der Waals surface area contributed by atoms with Gasteiger partial charge in [0.05, 0.1) is 0 Å². The van der Waals surface area contributed by atoms with Crippen LogP contribution in [-0.2, 0) is 4.79 Å². The van der Waals surface area contributed by atoms with Crippen molar-refractivity contribution in [1.82, 2.24) is 14.9 Å². The molecule has 1 heterocycles. The second-order valence-corrected chi connectivity index (χ2v) is 4.15. The average Bonchev–Trinajstić information content (AvgIpc) is 2.79. The molecule has 2 aromatic rings. The Morgan fingerprint density at radius 2 is 2.12 bits per heavy atom. The summed E-state index contributed by atoms with van der Waals surface area (Å²) in [5.74, 6) is -0.246. The van der Waals surface area contributed by atoms with Crippen molar-refractivity contribution in [2.45, 2.75) is 0 Å². The van der Waals surface area contributed by atoms with E-state index >= 15 is 0 Å². The van der Waals surface area contributed by atoms with Gasteiger partial charge in [-0.25, -0.2) is 4.68 Å². The maximum atomic E-state index is 11.5. The maximum Gasteiger partial charge on any atom is 0.262 e. The molecule has 1 aromatic heterocycles. The Morgan fingerprint density at radius 3 is 2.82 bits per heavy atom. The molecule has 0 spiro atoms. The number of hydrogen-bond acceptors (Lipinski definition) is 3. The summed E-state index contributed by atoms with van der Waals surface area (Å²) in [6.07, 6.45) is 5.99. The van der Waals surface area contributed by atoms with Crippen LogP contribution < -0.4 is 5.43 Å². The zero-order valence-corrected chi connectivity index (χ0v) is 10.3. The van der Waals surface area contributed by atoms with E-state index in [2.05, 4.69) is 31.6 Å². The lowest BCUT2D eigenvalue weighted by atomic mass is 10.2. The molecule has 0 unspecified atom stereocenters. The highest BCUT2D eigenvalue weighted by Gasteiger charge is 1.96. The van der Waals surface area contributed by atoms with E-state index in [4.69, 9.17) is 0 Å². The Balaban J connectivity index is 1.99. The molecule has 2 rings (SSSR count). The van der Waals surface area contributed by atoms with Gasteiger partial charge in [-0.2, -0.15) is 0 Å². The van der Waals surface area contributed by atoms with Crippen LogP contribution in [0.5, 0.6) is 0 Å². The molecule has 5 nitrogen and oxygen atoms in total. The lowest BCUT2D eigenvalue weighted by Crippen LogP contribution is -2.18. The first kappa shape index (κ1) is 11.5. The fourth-order valence-corrected chi connectivity index (χ4v) is 1.62. The summed E-state index contributed by atoms with van der Waals surface area (Å²) in [5.41, 5.74) is 3.50. The largest absolute Gasteiger partial charge is 0.268 e. The second-order valence-electron chi connectivity index (χ2n) is 3.23. The monoisotopic (exact) mass is 292 g/mol. The fourth-order valence-electron chi connectivity index (χ4n) is 1.21. The summed E-state index contributed by atoms with van der Waals surface area (Å²) in [5, 5.41) is 7.15. The van der Waals surface area contributed by atoms with Crippen LogP contribution in [0.1, 0.15) is 5.56 Å². The predicted octanol–water partition coefficient (Wildman–Crippen LogP) is 1.82. The van der Waals surface area contributed by atoms with Crippen molar-refractivity contribution in [2.24, 2.45) is 0 Å². The number of nitrogens with one attached hydrogen (secondary N) is 1. The van der Waals surface area contributed by atoms with Crippen molar-refractivity contribution in [3.05, 3.63) is 53.0 Å². The summed E-state index contributed by atoms with van der Waals surface area (Å²) >= 11 is 3.36. The van der Waals surface area contributed by atoms with Gasteiger partial charge < -0.3 is 0 Å². The van der Waals surface area contributed by atoms with Crippen molar-refractivity contribution in [2.75, 3.05) is 5.43 Å². The van der Waals surface area contributed by atoms with E-state index < -0.39 is 0 Å². The Morgan fingerprint density at radius 1 is 1.35 bits per heavy atom. The molecule has 0 aliphatic rings. The molecule has 0 saturated heterocycles. The number of hydrogen-bond donors (Lipinski definition) is 1. The average molecular weight is 293 g/mol. The standard InChI is InChI=1S/C11H9BrN4O/c12-10-3-1-2-9(6-10)4-5-11(17)15-16-7-13-14-8-16/h1-8H,(H,15,17). The quantitative estimate of drug-likeness (QED) is 0.878. The number of rotatable bonds is 3. The van der Waals surface area contributed by atoms with Crippen molar-refractivity contribution in [3.63, 3.8) is 0 Å². The SMILES string of the molecule is O=C(C=Cc1cccc(Br)c1)Nn1cnnc1. The Bertz CT molecular complexity index is 536. The van der Waals surface area contributed by atoms with Gasteiger partial charge in [0.1, 0.15) is 12.7 Å². The summed E-state index contributed by atoms with van der Waals surface area (Å²) < 4.78 is 2.35. The van der Waals surface area contributed by atoms with Crippen molar-refractivity contribution >= 4 is 27.9 Å². The Labute approximate surface area is 106 Å². The number of benzene rings is 1. The van der Waals surface area contributed by atoms with Crippen LogP contribution in [-0.4, -0.2) is 20.8 Å². The van der Waals surface area contributed by atoms with Gasteiger partial charge >= 0.3 is 0 Å². The highest BCUT2D eigenvalue weighted by atomic mass is 79.9. The Hall–Kier alpha value is -1.95. The van der Waals surface area contributed by atoms with Gasteiger partial charge in [0.2, 0.25) is 0 Å². The molecule has 17 heavy (non-hydrogen) atoms. The van der Waals surface area contributed by atoms with Gasteiger partial charge in [-0.3, -0.25) is 10.2 Å². The number of carbonyl (C=O) groups is 1. The fraction of sp³-hybridized carbons (Fsp3) is 0. The number of amides is 1. The third-order valence-electron chi connectivity index (χ3n) is 1.93. The van der Waals surface area contributed by atoms with Crippen LogP contribution in [0.2, 0.25) is 0 Å². The van der Waals surface area contributed by atoms with Crippen molar-refractivity contribution in [1.29, 1.82) is 0 Å². The third-order valence-corrected chi connectivity index (χ3v) is 2.43. The van der Waals surface area contributed by atoms with E-state index in [0.29, 0.717) is 0 Å². The maximum absolute atomic E-state index is 11.5. The number of halogens is 1. The van der Waals surface area contributed by atoms with Gasteiger partial charge in [-0.1, -0.05) is 28.1 Å². The second kappa shape index (κ2) is 5.40. The molecule has 0 atom stereocenters. The van der Waals surface area contributed by atoms with Gasteiger partial charge in [0.25, 0.3) is 5.91 Å². The smallest absolute Gasteiger partial charge is 0.262 e. The first-order valence-electron chi connectivity index (χ1n) is 4.83. The highest BCUT2D eigenvalue weighted by Crippen LogP contribution is 2.12. The number of aromatic nitrogens is 3. The molecule has 0 aliphatic carbocycles.